The molecule has 0 saturated heterocycles. The Morgan fingerprint density at radius 3 is 2.47 bits per heavy atom. The molecule has 0 spiro atoms. The molecule has 17 heavy (non-hydrogen) atoms. The predicted molar refractivity (Wildman–Crippen MR) is 72.9 cm³/mol. The first-order valence-corrected chi connectivity index (χ1v) is 6.60. The molecule has 3 nitrogen and oxygen atoms in total. The van der Waals surface area contributed by atoms with Crippen molar-refractivity contribution in [3.05, 3.63) is 50.8 Å². The van der Waals surface area contributed by atoms with Gasteiger partial charge in [0, 0.05) is 10.5 Å². The SMILES string of the molecule is Cc1nc(Br)cc(OCc2ccc(Br)cc2)n1. The molecule has 0 saturated carbocycles. The number of rotatable bonds is 3. The monoisotopic (exact) mass is 356 g/mol. The van der Waals surface area contributed by atoms with E-state index in [1.807, 2.05) is 31.2 Å². The van der Waals surface area contributed by atoms with Gasteiger partial charge in [-0.3, -0.25) is 0 Å². The normalized spacial score (nSPS) is 10.3. The third-order valence-electron chi connectivity index (χ3n) is 2.08. The van der Waals surface area contributed by atoms with Crippen molar-refractivity contribution < 1.29 is 4.74 Å². The van der Waals surface area contributed by atoms with Crippen molar-refractivity contribution in [1.82, 2.24) is 9.97 Å². The summed E-state index contributed by atoms with van der Waals surface area (Å²) >= 11 is 6.70. The largest absolute Gasteiger partial charge is 0.473 e. The Morgan fingerprint density at radius 1 is 1.12 bits per heavy atom. The lowest BCUT2D eigenvalue weighted by Gasteiger charge is -2.06. The van der Waals surface area contributed by atoms with Gasteiger partial charge < -0.3 is 4.74 Å². The van der Waals surface area contributed by atoms with Crippen molar-refractivity contribution in [3.63, 3.8) is 0 Å². The molecule has 0 aliphatic heterocycles. The highest BCUT2D eigenvalue weighted by atomic mass is 79.9. The number of hydrogen-bond acceptors (Lipinski definition) is 3. The number of aryl methyl sites for hydroxylation is 1. The molecule has 1 heterocycles. The average molecular weight is 358 g/mol. The highest BCUT2D eigenvalue weighted by Gasteiger charge is 2.01. The van der Waals surface area contributed by atoms with Gasteiger partial charge in [-0.05, 0) is 40.5 Å². The summed E-state index contributed by atoms with van der Waals surface area (Å²) in [4.78, 5) is 8.31. The lowest BCUT2D eigenvalue weighted by atomic mass is 10.2. The summed E-state index contributed by atoms with van der Waals surface area (Å²) in [6.07, 6.45) is 0. The zero-order chi connectivity index (χ0) is 12.3. The zero-order valence-corrected chi connectivity index (χ0v) is 12.3. The summed E-state index contributed by atoms with van der Waals surface area (Å²) in [5.74, 6) is 1.26. The smallest absolute Gasteiger partial charge is 0.218 e. The third kappa shape index (κ3) is 3.78. The van der Waals surface area contributed by atoms with Crippen LogP contribution in [-0.4, -0.2) is 9.97 Å². The van der Waals surface area contributed by atoms with Crippen LogP contribution in [0.3, 0.4) is 0 Å². The number of aromatic nitrogens is 2. The number of benzene rings is 1. The highest BCUT2D eigenvalue weighted by Crippen LogP contribution is 2.16. The van der Waals surface area contributed by atoms with Crippen LogP contribution in [-0.2, 0) is 6.61 Å². The first kappa shape index (κ1) is 12.5. The second kappa shape index (κ2) is 5.60. The van der Waals surface area contributed by atoms with E-state index in [0.717, 1.165) is 14.6 Å². The first-order chi connectivity index (χ1) is 8.13. The van der Waals surface area contributed by atoms with E-state index in [-0.39, 0.29) is 0 Å². The maximum atomic E-state index is 5.60. The number of halogens is 2. The van der Waals surface area contributed by atoms with Gasteiger partial charge in [0.1, 0.15) is 17.0 Å². The molecule has 0 unspecified atom stereocenters. The topological polar surface area (TPSA) is 35.0 Å². The molecule has 2 rings (SSSR count). The van der Waals surface area contributed by atoms with Crippen LogP contribution in [0.4, 0.5) is 0 Å². The van der Waals surface area contributed by atoms with Crippen molar-refractivity contribution in [2.45, 2.75) is 13.5 Å². The van der Waals surface area contributed by atoms with Crippen molar-refractivity contribution in [2.24, 2.45) is 0 Å². The molecule has 0 bridgehead atoms. The molecule has 0 aliphatic rings. The number of ether oxygens (including phenoxy) is 1. The standard InChI is InChI=1S/C12H10Br2N2O/c1-8-15-11(14)6-12(16-8)17-7-9-2-4-10(13)5-3-9/h2-6H,7H2,1H3. The Balaban J connectivity index is 2.04. The van der Waals surface area contributed by atoms with E-state index in [0.29, 0.717) is 18.3 Å². The summed E-state index contributed by atoms with van der Waals surface area (Å²) < 4.78 is 7.39. The van der Waals surface area contributed by atoms with Crippen molar-refractivity contribution in [2.75, 3.05) is 0 Å². The molecule has 0 atom stereocenters. The Labute approximate surface area is 117 Å². The van der Waals surface area contributed by atoms with Gasteiger partial charge >= 0.3 is 0 Å². The second-order valence-electron chi connectivity index (χ2n) is 3.49. The van der Waals surface area contributed by atoms with Crippen LogP contribution in [0.25, 0.3) is 0 Å². The second-order valence-corrected chi connectivity index (χ2v) is 5.22. The first-order valence-electron chi connectivity index (χ1n) is 5.02. The Kier molecular flexibility index (Phi) is 4.12. The minimum atomic E-state index is 0.496. The summed E-state index contributed by atoms with van der Waals surface area (Å²) in [6.45, 7) is 2.33. The summed E-state index contributed by atoms with van der Waals surface area (Å²) in [7, 11) is 0. The van der Waals surface area contributed by atoms with Crippen LogP contribution in [0.1, 0.15) is 11.4 Å². The van der Waals surface area contributed by atoms with E-state index in [2.05, 4.69) is 41.8 Å². The van der Waals surface area contributed by atoms with Gasteiger partial charge in [0.05, 0.1) is 0 Å². The van der Waals surface area contributed by atoms with E-state index in [1.54, 1.807) is 6.07 Å². The number of hydrogen-bond donors (Lipinski definition) is 0. The van der Waals surface area contributed by atoms with E-state index in [9.17, 15) is 0 Å². The fourth-order valence-corrected chi connectivity index (χ4v) is 2.03. The van der Waals surface area contributed by atoms with Crippen molar-refractivity contribution >= 4 is 31.9 Å². The fraction of sp³-hybridized carbons (Fsp3) is 0.167. The molecule has 0 amide bonds. The molecule has 0 aliphatic carbocycles. The van der Waals surface area contributed by atoms with Crippen molar-refractivity contribution in [1.29, 1.82) is 0 Å². The molecular formula is C12H10Br2N2O. The molecule has 88 valence electrons. The molecule has 1 aromatic heterocycles. The summed E-state index contributed by atoms with van der Waals surface area (Å²) in [6, 6.07) is 9.74. The van der Waals surface area contributed by atoms with Gasteiger partial charge in [0.25, 0.3) is 0 Å². The van der Waals surface area contributed by atoms with Crippen LogP contribution < -0.4 is 4.74 Å². The highest BCUT2D eigenvalue weighted by molar-refractivity contribution is 9.10. The molecule has 0 N–H and O–H groups in total. The molecular weight excluding hydrogens is 348 g/mol. The maximum absolute atomic E-state index is 5.60. The molecule has 1 aromatic carbocycles. The Bertz CT molecular complexity index is 494. The molecule has 0 radical (unpaired) electrons. The number of nitrogens with zero attached hydrogens (tertiary/aromatic N) is 2. The lowest BCUT2D eigenvalue weighted by molar-refractivity contribution is 0.292. The molecule has 5 heteroatoms. The van der Waals surface area contributed by atoms with Crippen LogP contribution in [0.15, 0.2) is 39.4 Å². The van der Waals surface area contributed by atoms with E-state index in [1.165, 1.54) is 0 Å². The summed E-state index contributed by atoms with van der Waals surface area (Å²) in [5, 5.41) is 0. The Morgan fingerprint density at radius 2 is 1.82 bits per heavy atom. The molecule has 2 aromatic rings. The predicted octanol–water partition coefficient (Wildman–Crippen LogP) is 3.89. The van der Waals surface area contributed by atoms with E-state index < -0.39 is 0 Å². The van der Waals surface area contributed by atoms with Gasteiger partial charge in [0.15, 0.2) is 0 Å². The quantitative estimate of drug-likeness (QED) is 0.781. The van der Waals surface area contributed by atoms with Gasteiger partial charge in [-0.15, -0.1) is 0 Å². The van der Waals surface area contributed by atoms with Gasteiger partial charge in [-0.25, -0.2) is 4.98 Å². The van der Waals surface area contributed by atoms with Gasteiger partial charge in [0.2, 0.25) is 5.88 Å². The van der Waals surface area contributed by atoms with E-state index >= 15 is 0 Å². The Hall–Kier alpha value is -0.940. The van der Waals surface area contributed by atoms with Gasteiger partial charge in [-0.1, -0.05) is 28.1 Å². The zero-order valence-electron chi connectivity index (χ0n) is 9.15. The average Bonchev–Trinajstić information content (AvgIpc) is 2.27. The minimum absolute atomic E-state index is 0.496. The third-order valence-corrected chi connectivity index (χ3v) is 3.02. The minimum Gasteiger partial charge on any atom is -0.473 e. The van der Waals surface area contributed by atoms with Crippen LogP contribution in [0.2, 0.25) is 0 Å². The van der Waals surface area contributed by atoms with Crippen LogP contribution in [0.5, 0.6) is 5.88 Å². The van der Waals surface area contributed by atoms with Crippen LogP contribution >= 0.6 is 31.9 Å². The van der Waals surface area contributed by atoms with Gasteiger partial charge in [-0.2, -0.15) is 4.98 Å². The lowest BCUT2D eigenvalue weighted by Crippen LogP contribution is -1.99. The van der Waals surface area contributed by atoms with Crippen LogP contribution in [0, 0.1) is 6.92 Å². The summed E-state index contributed by atoms with van der Waals surface area (Å²) in [5.41, 5.74) is 1.10. The fourth-order valence-electron chi connectivity index (χ4n) is 1.32. The maximum Gasteiger partial charge on any atom is 0.218 e. The van der Waals surface area contributed by atoms with Crippen molar-refractivity contribution in [3.8, 4) is 5.88 Å². The molecule has 0 fully saturated rings. The van der Waals surface area contributed by atoms with E-state index in [4.69, 9.17) is 4.74 Å².